The van der Waals surface area contributed by atoms with E-state index >= 15 is 0 Å². The van der Waals surface area contributed by atoms with Crippen LogP contribution in [-0.2, 0) is 20.9 Å². The molecule has 1 aliphatic rings. The molecule has 0 spiro atoms. The van der Waals surface area contributed by atoms with E-state index in [1.54, 1.807) is 0 Å². The van der Waals surface area contributed by atoms with Gasteiger partial charge in [-0.2, -0.15) is 0 Å². The van der Waals surface area contributed by atoms with Gasteiger partial charge in [0, 0.05) is 10.5 Å². The predicted molar refractivity (Wildman–Crippen MR) is 90.5 cm³/mol. The summed E-state index contributed by atoms with van der Waals surface area (Å²) in [5.41, 5.74) is 1.26. The number of para-hydroxylation sites is 1. The largest absolute Gasteiger partial charge is 0.461 e. The van der Waals surface area contributed by atoms with Gasteiger partial charge in [-0.15, -0.1) is 11.8 Å². The zero-order chi connectivity index (χ0) is 17.1. The van der Waals surface area contributed by atoms with Crippen LogP contribution >= 0.6 is 23.4 Å². The quantitative estimate of drug-likeness (QED) is 0.831. The lowest BCUT2D eigenvalue weighted by Crippen LogP contribution is -2.31. The van der Waals surface area contributed by atoms with Crippen LogP contribution in [0.1, 0.15) is 12.0 Å². The normalized spacial score (nSPS) is 16.2. The molecule has 2 aromatic carbocycles. The van der Waals surface area contributed by atoms with Gasteiger partial charge in [-0.3, -0.25) is 9.59 Å². The molecular formula is C17H13ClFNO3S. The Kier molecular flexibility index (Phi) is 5.06. The molecule has 0 bridgehead atoms. The Labute approximate surface area is 147 Å². The maximum atomic E-state index is 13.0. The molecule has 1 aliphatic heterocycles. The van der Waals surface area contributed by atoms with Gasteiger partial charge in [0.2, 0.25) is 5.91 Å². The Morgan fingerprint density at radius 3 is 2.88 bits per heavy atom. The average Bonchev–Trinajstić information content (AvgIpc) is 2.55. The van der Waals surface area contributed by atoms with Gasteiger partial charge in [0.25, 0.3) is 0 Å². The number of hydrogen-bond donors (Lipinski definition) is 1. The summed E-state index contributed by atoms with van der Waals surface area (Å²) in [6, 6.07) is 11.3. The molecular weight excluding hydrogens is 353 g/mol. The Morgan fingerprint density at radius 2 is 2.08 bits per heavy atom. The number of benzene rings is 2. The van der Waals surface area contributed by atoms with Gasteiger partial charge in [0.1, 0.15) is 12.4 Å². The molecule has 2 aromatic rings. The van der Waals surface area contributed by atoms with Crippen LogP contribution in [0, 0.1) is 5.82 Å². The van der Waals surface area contributed by atoms with Crippen LogP contribution in [0.15, 0.2) is 47.4 Å². The number of halogens is 2. The fourth-order valence-electron chi connectivity index (χ4n) is 2.23. The van der Waals surface area contributed by atoms with Crippen molar-refractivity contribution in [1.82, 2.24) is 0 Å². The summed E-state index contributed by atoms with van der Waals surface area (Å²) in [6.07, 6.45) is -0.0519. The molecule has 0 aromatic heterocycles. The monoisotopic (exact) mass is 365 g/mol. The van der Waals surface area contributed by atoms with E-state index in [2.05, 4.69) is 5.32 Å². The van der Waals surface area contributed by atoms with Gasteiger partial charge in [-0.05, 0) is 24.3 Å². The molecule has 1 amide bonds. The Hall–Kier alpha value is -2.05. The topological polar surface area (TPSA) is 55.4 Å². The Bertz CT molecular complexity index is 799. The van der Waals surface area contributed by atoms with Crippen molar-refractivity contribution in [2.24, 2.45) is 0 Å². The molecule has 0 fully saturated rings. The standard InChI is InChI=1S/C17H13ClFNO3S/c18-12-7-11(19)6-5-10(12)9-23-16(21)8-15-17(22)20-13-3-1-2-4-14(13)24-15/h1-7,15H,8-9H2,(H,20,22). The highest BCUT2D eigenvalue weighted by molar-refractivity contribution is 8.01. The summed E-state index contributed by atoms with van der Waals surface area (Å²) in [4.78, 5) is 25.0. The molecule has 1 atom stereocenters. The van der Waals surface area contributed by atoms with E-state index in [4.69, 9.17) is 16.3 Å². The Morgan fingerprint density at radius 1 is 1.29 bits per heavy atom. The van der Waals surface area contributed by atoms with Crippen molar-refractivity contribution in [1.29, 1.82) is 0 Å². The number of hydrogen-bond acceptors (Lipinski definition) is 4. The first-order chi connectivity index (χ1) is 11.5. The molecule has 0 radical (unpaired) electrons. The number of thioether (sulfide) groups is 1. The minimum Gasteiger partial charge on any atom is -0.461 e. The summed E-state index contributed by atoms with van der Waals surface area (Å²) in [7, 11) is 0. The van der Waals surface area contributed by atoms with Gasteiger partial charge < -0.3 is 10.1 Å². The van der Waals surface area contributed by atoms with Crippen LogP contribution in [0.5, 0.6) is 0 Å². The number of fused-ring (bicyclic) bond motifs is 1. The molecule has 3 rings (SSSR count). The van der Waals surface area contributed by atoms with Crippen LogP contribution in [0.25, 0.3) is 0 Å². The smallest absolute Gasteiger partial charge is 0.307 e. The minimum atomic E-state index is -0.545. The number of nitrogens with one attached hydrogen (secondary N) is 1. The highest BCUT2D eigenvalue weighted by Crippen LogP contribution is 2.36. The van der Waals surface area contributed by atoms with E-state index in [0.29, 0.717) is 5.56 Å². The van der Waals surface area contributed by atoms with Gasteiger partial charge in [0.15, 0.2) is 0 Å². The van der Waals surface area contributed by atoms with Crippen molar-refractivity contribution in [2.45, 2.75) is 23.2 Å². The van der Waals surface area contributed by atoms with E-state index in [1.165, 1.54) is 23.9 Å². The van der Waals surface area contributed by atoms with Crippen molar-refractivity contribution in [3.63, 3.8) is 0 Å². The molecule has 0 saturated heterocycles. The van der Waals surface area contributed by atoms with Crippen molar-refractivity contribution in [2.75, 3.05) is 5.32 Å². The Balaban J connectivity index is 1.58. The first-order valence-electron chi connectivity index (χ1n) is 7.19. The average molecular weight is 366 g/mol. The van der Waals surface area contributed by atoms with Gasteiger partial charge in [0.05, 0.1) is 22.4 Å². The van der Waals surface area contributed by atoms with Crippen molar-refractivity contribution >= 4 is 40.9 Å². The number of esters is 1. The van der Waals surface area contributed by atoms with Crippen LogP contribution in [-0.4, -0.2) is 17.1 Å². The summed E-state index contributed by atoms with van der Waals surface area (Å²) in [5.74, 6) is -1.19. The SMILES string of the molecule is O=C(CC1Sc2ccccc2NC1=O)OCc1ccc(F)cc1Cl. The highest BCUT2D eigenvalue weighted by atomic mass is 35.5. The number of rotatable bonds is 4. The molecule has 124 valence electrons. The molecule has 7 heteroatoms. The molecule has 1 N–H and O–H groups in total. The van der Waals surface area contributed by atoms with Crippen LogP contribution in [0.4, 0.5) is 10.1 Å². The van der Waals surface area contributed by atoms with Crippen molar-refractivity contribution in [3.05, 3.63) is 58.9 Å². The minimum absolute atomic E-state index is 0.0519. The van der Waals surface area contributed by atoms with E-state index in [-0.39, 0.29) is 24.0 Å². The fraction of sp³-hybridized carbons (Fsp3) is 0.176. The molecule has 4 nitrogen and oxygen atoms in total. The third kappa shape index (κ3) is 3.88. The number of amides is 1. The van der Waals surface area contributed by atoms with Gasteiger partial charge in [-0.1, -0.05) is 29.8 Å². The molecule has 1 heterocycles. The molecule has 24 heavy (non-hydrogen) atoms. The third-order valence-corrected chi connectivity index (χ3v) is 5.09. The second-order valence-electron chi connectivity index (χ2n) is 5.19. The van der Waals surface area contributed by atoms with E-state index < -0.39 is 17.0 Å². The van der Waals surface area contributed by atoms with E-state index in [0.717, 1.165) is 16.6 Å². The first-order valence-corrected chi connectivity index (χ1v) is 8.45. The van der Waals surface area contributed by atoms with Gasteiger partial charge >= 0.3 is 5.97 Å². The fourth-order valence-corrected chi connectivity index (χ4v) is 3.55. The second-order valence-corrected chi connectivity index (χ2v) is 6.84. The van der Waals surface area contributed by atoms with Crippen LogP contribution in [0.3, 0.4) is 0 Å². The molecule has 1 unspecified atom stereocenters. The highest BCUT2D eigenvalue weighted by Gasteiger charge is 2.29. The first kappa shape index (κ1) is 16.8. The summed E-state index contributed by atoms with van der Waals surface area (Å²) in [6.45, 7) is -0.0620. The summed E-state index contributed by atoms with van der Waals surface area (Å²) < 4.78 is 18.1. The molecule has 0 saturated carbocycles. The maximum Gasteiger partial charge on any atom is 0.307 e. The number of carbonyl (C=O) groups excluding carboxylic acids is 2. The lowest BCUT2D eigenvalue weighted by molar-refractivity contribution is -0.145. The third-order valence-electron chi connectivity index (χ3n) is 3.46. The predicted octanol–water partition coefficient (Wildman–Crippen LogP) is 4.03. The van der Waals surface area contributed by atoms with Crippen LogP contribution in [0.2, 0.25) is 5.02 Å². The zero-order valence-electron chi connectivity index (χ0n) is 12.4. The zero-order valence-corrected chi connectivity index (χ0v) is 14.0. The van der Waals surface area contributed by atoms with Crippen molar-refractivity contribution < 1.29 is 18.7 Å². The number of ether oxygens (including phenoxy) is 1. The van der Waals surface area contributed by atoms with Crippen LogP contribution < -0.4 is 5.32 Å². The van der Waals surface area contributed by atoms with Crippen molar-refractivity contribution in [3.8, 4) is 0 Å². The summed E-state index contributed by atoms with van der Waals surface area (Å²) >= 11 is 7.22. The lowest BCUT2D eigenvalue weighted by Gasteiger charge is -2.23. The van der Waals surface area contributed by atoms with Gasteiger partial charge in [-0.25, -0.2) is 4.39 Å². The maximum absolute atomic E-state index is 13.0. The number of anilines is 1. The van der Waals surface area contributed by atoms with E-state index in [9.17, 15) is 14.0 Å². The number of carbonyl (C=O) groups is 2. The van der Waals surface area contributed by atoms with E-state index in [1.807, 2.05) is 24.3 Å². The summed E-state index contributed by atoms with van der Waals surface area (Å²) in [5, 5.41) is 2.42. The lowest BCUT2D eigenvalue weighted by atomic mass is 10.2. The second kappa shape index (κ2) is 7.23. The molecule has 0 aliphatic carbocycles.